The first-order valence-electron chi connectivity index (χ1n) is 6.63. The lowest BCUT2D eigenvalue weighted by molar-refractivity contribution is 0.598. The predicted octanol–water partition coefficient (Wildman–Crippen LogP) is 3.64. The fourth-order valence-electron chi connectivity index (χ4n) is 2.22. The predicted molar refractivity (Wildman–Crippen MR) is 80.5 cm³/mol. The van der Waals surface area contributed by atoms with E-state index in [1.54, 1.807) is 0 Å². The Kier molecular flexibility index (Phi) is 4.61. The zero-order valence-corrected chi connectivity index (χ0v) is 12.5. The van der Waals surface area contributed by atoms with E-state index in [1.165, 1.54) is 5.56 Å². The second kappa shape index (κ2) is 6.22. The zero-order valence-electron chi connectivity index (χ0n) is 11.7. The van der Waals surface area contributed by atoms with E-state index in [2.05, 4.69) is 35.7 Å². The summed E-state index contributed by atoms with van der Waals surface area (Å²) in [6.45, 7) is 5.94. The Morgan fingerprint density at radius 2 is 2.11 bits per heavy atom. The van der Waals surface area contributed by atoms with Gasteiger partial charge >= 0.3 is 0 Å². The molecule has 0 aliphatic rings. The van der Waals surface area contributed by atoms with Gasteiger partial charge in [-0.3, -0.25) is 4.68 Å². The van der Waals surface area contributed by atoms with E-state index in [1.807, 2.05) is 24.7 Å². The van der Waals surface area contributed by atoms with E-state index in [0.29, 0.717) is 0 Å². The molecule has 3 nitrogen and oxygen atoms in total. The van der Waals surface area contributed by atoms with Gasteiger partial charge in [-0.2, -0.15) is 5.10 Å². The molecule has 0 unspecified atom stereocenters. The van der Waals surface area contributed by atoms with Crippen LogP contribution in [0.25, 0.3) is 11.1 Å². The lowest BCUT2D eigenvalue weighted by Crippen LogP contribution is -2.04. The first kappa shape index (κ1) is 14.1. The first-order chi connectivity index (χ1) is 9.15. The Labute approximate surface area is 119 Å². The minimum atomic E-state index is 0.784. The monoisotopic (exact) mass is 277 g/mol. The van der Waals surface area contributed by atoms with Crippen molar-refractivity contribution in [1.82, 2.24) is 15.1 Å². The minimum Gasteiger partial charge on any atom is -0.316 e. The summed E-state index contributed by atoms with van der Waals surface area (Å²) in [7, 11) is 1.93. The van der Waals surface area contributed by atoms with Gasteiger partial charge in [0.1, 0.15) is 0 Å². The molecule has 0 bridgehead atoms. The average Bonchev–Trinajstić information content (AvgIpc) is 2.71. The maximum absolute atomic E-state index is 6.39. The molecule has 19 heavy (non-hydrogen) atoms. The fraction of sp³-hybridized carbons (Fsp3) is 0.400. The SMILES string of the molecule is CCCn1cc(-c2ccc(CNC)cc2Cl)c(C)n1. The van der Waals surface area contributed by atoms with Gasteiger partial charge in [-0.15, -0.1) is 0 Å². The van der Waals surface area contributed by atoms with E-state index in [4.69, 9.17) is 11.6 Å². The van der Waals surface area contributed by atoms with Crippen LogP contribution < -0.4 is 5.32 Å². The summed E-state index contributed by atoms with van der Waals surface area (Å²) in [5, 5.41) is 8.43. The summed E-state index contributed by atoms with van der Waals surface area (Å²) in [4.78, 5) is 0. The van der Waals surface area contributed by atoms with Gasteiger partial charge in [0.05, 0.1) is 5.69 Å². The van der Waals surface area contributed by atoms with Crippen molar-refractivity contribution in [2.24, 2.45) is 0 Å². The summed E-state index contributed by atoms with van der Waals surface area (Å²) in [5.74, 6) is 0. The smallest absolute Gasteiger partial charge is 0.0672 e. The van der Waals surface area contributed by atoms with Gasteiger partial charge in [0, 0.05) is 35.4 Å². The number of halogens is 1. The van der Waals surface area contributed by atoms with Crippen LogP contribution in [-0.2, 0) is 13.1 Å². The van der Waals surface area contributed by atoms with Crippen LogP contribution >= 0.6 is 11.6 Å². The van der Waals surface area contributed by atoms with Crippen LogP contribution in [0, 0.1) is 6.92 Å². The highest BCUT2D eigenvalue weighted by atomic mass is 35.5. The molecule has 0 fully saturated rings. The standard InChI is InChI=1S/C15H20ClN3/c1-4-7-19-10-14(11(2)18-19)13-6-5-12(9-17-3)8-15(13)16/h5-6,8,10,17H,4,7,9H2,1-3H3. The molecule has 0 spiro atoms. The van der Waals surface area contributed by atoms with Crippen LogP contribution in [0.2, 0.25) is 5.02 Å². The van der Waals surface area contributed by atoms with Crippen molar-refractivity contribution in [1.29, 1.82) is 0 Å². The van der Waals surface area contributed by atoms with Gasteiger partial charge in [-0.05, 0) is 32.0 Å². The number of nitrogens with zero attached hydrogens (tertiary/aromatic N) is 2. The Morgan fingerprint density at radius 1 is 1.32 bits per heavy atom. The van der Waals surface area contributed by atoms with Gasteiger partial charge in [0.2, 0.25) is 0 Å². The minimum absolute atomic E-state index is 0.784. The van der Waals surface area contributed by atoms with E-state index >= 15 is 0 Å². The van der Waals surface area contributed by atoms with E-state index in [-0.39, 0.29) is 0 Å². The molecule has 1 N–H and O–H groups in total. The third-order valence-corrected chi connectivity index (χ3v) is 3.42. The average molecular weight is 278 g/mol. The highest BCUT2D eigenvalue weighted by Crippen LogP contribution is 2.30. The Balaban J connectivity index is 2.35. The fourth-order valence-corrected chi connectivity index (χ4v) is 2.52. The molecule has 2 aromatic rings. The molecule has 2 rings (SSSR count). The van der Waals surface area contributed by atoms with E-state index < -0.39 is 0 Å². The van der Waals surface area contributed by atoms with Crippen LogP contribution in [0.3, 0.4) is 0 Å². The second-order valence-corrected chi connectivity index (χ2v) is 5.14. The number of hydrogen-bond donors (Lipinski definition) is 1. The summed E-state index contributed by atoms with van der Waals surface area (Å²) in [5.41, 5.74) is 4.39. The first-order valence-corrected chi connectivity index (χ1v) is 7.01. The van der Waals surface area contributed by atoms with E-state index in [0.717, 1.165) is 41.4 Å². The third kappa shape index (κ3) is 3.17. The quantitative estimate of drug-likeness (QED) is 0.904. The molecule has 1 aromatic carbocycles. The summed E-state index contributed by atoms with van der Waals surface area (Å²) >= 11 is 6.39. The van der Waals surface area contributed by atoms with Gasteiger partial charge in [0.25, 0.3) is 0 Å². The third-order valence-electron chi connectivity index (χ3n) is 3.10. The molecule has 0 radical (unpaired) electrons. The Hall–Kier alpha value is -1.32. The van der Waals surface area contributed by atoms with Crippen LogP contribution in [0.4, 0.5) is 0 Å². The second-order valence-electron chi connectivity index (χ2n) is 4.74. The molecular formula is C15H20ClN3. The van der Waals surface area contributed by atoms with Crippen molar-refractivity contribution >= 4 is 11.6 Å². The topological polar surface area (TPSA) is 29.9 Å². The zero-order chi connectivity index (χ0) is 13.8. The molecule has 4 heteroatoms. The molecule has 0 saturated carbocycles. The number of benzene rings is 1. The van der Waals surface area contributed by atoms with Crippen molar-refractivity contribution in [3.05, 3.63) is 40.7 Å². The normalized spacial score (nSPS) is 10.9. The molecule has 1 aromatic heterocycles. The molecule has 0 atom stereocenters. The van der Waals surface area contributed by atoms with Crippen LogP contribution in [-0.4, -0.2) is 16.8 Å². The lowest BCUT2D eigenvalue weighted by Gasteiger charge is -2.06. The number of nitrogens with one attached hydrogen (secondary N) is 1. The number of aryl methyl sites for hydroxylation is 2. The lowest BCUT2D eigenvalue weighted by atomic mass is 10.0. The van der Waals surface area contributed by atoms with Crippen molar-refractivity contribution in [3.8, 4) is 11.1 Å². The molecule has 0 amide bonds. The largest absolute Gasteiger partial charge is 0.316 e. The summed E-state index contributed by atoms with van der Waals surface area (Å²) in [6, 6.07) is 6.20. The van der Waals surface area contributed by atoms with Crippen molar-refractivity contribution in [2.75, 3.05) is 7.05 Å². The highest BCUT2D eigenvalue weighted by molar-refractivity contribution is 6.33. The maximum atomic E-state index is 6.39. The molecule has 0 aliphatic carbocycles. The van der Waals surface area contributed by atoms with Crippen molar-refractivity contribution in [3.63, 3.8) is 0 Å². The van der Waals surface area contributed by atoms with E-state index in [9.17, 15) is 0 Å². The van der Waals surface area contributed by atoms with Gasteiger partial charge in [0.15, 0.2) is 0 Å². The Bertz CT molecular complexity index is 561. The van der Waals surface area contributed by atoms with Crippen LogP contribution in [0.1, 0.15) is 24.6 Å². The molecule has 1 heterocycles. The van der Waals surface area contributed by atoms with Gasteiger partial charge < -0.3 is 5.32 Å². The van der Waals surface area contributed by atoms with Crippen LogP contribution in [0.5, 0.6) is 0 Å². The van der Waals surface area contributed by atoms with Crippen LogP contribution in [0.15, 0.2) is 24.4 Å². The van der Waals surface area contributed by atoms with Crippen molar-refractivity contribution < 1.29 is 0 Å². The van der Waals surface area contributed by atoms with Crippen molar-refractivity contribution in [2.45, 2.75) is 33.4 Å². The molecule has 0 saturated heterocycles. The summed E-state index contributed by atoms with van der Waals surface area (Å²) in [6.07, 6.45) is 3.16. The highest BCUT2D eigenvalue weighted by Gasteiger charge is 2.11. The van der Waals surface area contributed by atoms with Gasteiger partial charge in [-0.25, -0.2) is 0 Å². The number of aromatic nitrogens is 2. The molecule has 0 aliphatic heterocycles. The number of rotatable bonds is 5. The number of hydrogen-bond acceptors (Lipinski definition) is 2. The molecular weight excluding hydrogens is 258 g/mol. The molecule has 102 valence electrons. The Morgan fingerprint density at radius 3 is 2.74 bits per heavy atom. The summed E-state index contributed by atoms with van der Waals surface area (Å²) < 4.78 is 1.99. The maximum Gasteiger partial charge on any atom is 0.0672 e. The van der Waals surface area contributed by atoms with Gasteiger partial charge in [-0.1, -0.05) is 30.7 Å².